The minimum absolute atomic E-state index is 0.0732. The maximum atomic E-state index is 12.4. The lowest BCUT2D eigenvalue weighted by Crippen LogP contribution is -2.52. The Morgan fingerprint density at radius 2 is 1.95 bits per heavy atom. The number of fused-ring (bicyclic) bond motifs is 2. The van der Waals surface area contributed by atoms with Gasteiger partial charge >= 0.3 is 12.0 Å². The second kappa shape index (κ2) is 7.11. The van der Waals surface area contributed by atoms with E-state index in [4.69, 9.17) is 5.11 Å². The molecule has 2 fully saturated rings. The normalized spacial score (nSPS) is 30.4. The average molecular weight is 298 g/mol. The van der Waals surface area contributed by atoms with E-state index in [1.165, 1.54) is 0 Å². The Balaban J connectivity index is 1.98. The third-order valence-corrected chi connectivity index (χ3v) is 4.93. The fourth-order valence-electron chi connectivity index (χ4n) is 3.87. The first-order valence-corrected chi connectivity index (χ1v) is 7.97. The third-order valence-electron chi connectivity index (χ3n) is 4.93. The molecule has 2 bridgehead atoms. The zero-order chi connectivity index (χ0) is 15.4. The van der Waals surface area contributed by atoms with Crippen molar-refractivity contribution >= 4 is 12.0 Å². The number of amides is 2. The Morgan fingerprint density at radius 3 is 2.57 bits per heavy atom. The zero-order valence-corrected chi connectivity index (χ0v) is 12.6. The molecule has 2 aliphatic rings. The van der Waals surface area contributed by atoms with Gasteiger partial charge in [0, 0.05) is 19.1 Å². The Bertz CT molecular complexity index is 388. The highest BCUT2D eigenvalue weighted by molar-refractivity contribution is 5.77. The summed E-state index contributed by atoms with van der Waals surface area (Å²) in [6.45, 7) is 2.87. The molecule has 120 valence electrons. The van der Waals surface area contributed by atoms with Crippen LogP contribution >= 0.6 is 0 Å². The van der Waals surface area contributed by atoms with E-state index in [-0.39, 0.29) is 24.6 Å². The van der Waals surface area contributed by atoms with Crippen LogP contribution < -0.4 is 5.32 Å². The lowest BCUT2D eigenvalue weighted by Gasteiger charge is -2.31. The van der Waals surface area contributed by atoms with Crippen molar-refractivity contribution in [3.8, 4) is 0 Å². The van der Waals surface area contributed by atoms with Gasteiger partial charge in [0.05, 0.1) is 12.5 Å². The lowest BCUT2D eigenvalue weighted by molar-refractivity contribution is -0.144. The standard InChI is InChI=1S/C15H26N2O4/c1-2-3-6-17(7-8-18)15(21)16-13-11-5-4-10(9-11)12(13)14(19)20/h10-13,18H,2-9H2,1H3,(H,16,21)(H,19,20). The van der Waals surface area contributed by atoms with E-state index in [2.05, 4.69) is 5.32 Å². The molecule has 4 unspecified atom stereocenters. The SMILES string of the molecule is CCCCN(CCO)C(=O)NC1C2CCC(C2)C1C(=O)O. The van der Waals surface area contributed by atoms with Gasteiger partial charge in [-0.2, -0.15) is 0 Å². The summed E-state index contributed by atoms with van der Waals surface area (Å²) >= 11 is 0. The number of urea groups is 1. The van der Waals surface area contributed by atoms with Gasteiger partial charge in [0.25, 0.3) is 0 Å². The van der Waals surface area contributed by atoms with Gasteiger partial charge in [0.15, 0.2) is 0 Å². The smallest absolute Gasteiger partial charge is 0.317 e. The molecule has 0 spiro atoms. The minimum Gasteiger partial charge on any atom is -0.481 e. The van der Waals surface area contributed by atoms with E-state index in [1.807, 2.05) is 6.92 Å². The van der Waals surface area contributed by atoms with Crippen LogP contribution in [0.15, 0.2) is 0 Å². The number of rotatable bonds is 7. The van der Waals surface area contributed by atoms with E-state index in [0.717, 1.165) is 32.1 Å². The first-order valence-electron chi connectivity index (χ1n) is 7.97. The fraction of sp³-hybridized carbons (Fsp3) is 0.867. The molecule has 2 saturated carbocycles. The van der Waals surface area contributed by atoms with Crippen LogP contribution in [0, 0.1) is 17.8 Å². The van der Waals surface area contributed by atoms with Crippen molar-refractivity contribution in [3.05, 3.63) is 0 Å². The van der Waals surface area contributed by atoms with E-state index in [0.29, 0.717) is 19.0 Å². The largest absolute Gasteiger partial charge is 0.481 e. The quantitative estimate of drug-likeness (QED) is 0.660. The van der Waals surface area contributed by atoms with Crippen LogP contribution in [0.4, 0.5) is 4.79 Å². The lowest BCUT2D eigenvalue weighted by atomic mass is 9.84. The van der Waals surface area contributed by atoms with Gasteiger partial charge < -0.3 is 20.4 Å². The molecule has 2 rings (SSSR count). The first kappa shape index (κ1) is 16.1. The van der Waals surface area contributed by atoms with Crippen molar-refractivity contribution in [2.75, 3.05) is 19.7 Å². The van der Waals surface area contributed by atoms with Crippen molar-refractivity contribution in [3.63, 3.8) is 0 Å². The Kier molecular flexibility index (Phi) is 5.45. The van der Waals surface area contributed by atoms with Crippen LogP contribution in [-0.4, -0.2) is 52.9 Å². The summed E-state index contributed by atoms with van der Waals surface area (Å²) in [5, 5.41) is 21.4. The van der Waals surface area contributed by atoms with Gasteiger partial charge in [-0.25, -0.2) is 4.79 Å². The molecule has 0 heterocycles. The number of carbonyl (C=O) groups is 2. The third kappa shape index (κ3) is 3.48. The van der Waals surface area contributed by atoms with Gasteiger partial charge in [-0.05, 0) is 37.5 Å². The maximum absolute atomic E-state index is 12.4. The van der Waals surface area contributed by atoms with Crippen LogP contribution in [0.2, 0.25) is 0 Å². The molecule has 0 aliphatic heterocycles. The number of aliphatic hydroxyl groups excluding tert-OH is 1. The number of aliphatic carboxylic acids is 1. The molecule has 0 aromatic rings. The Labute approximate surface area is 125 Å². The van der Waals surface area contributed by atoms with Crippen molar-refractivity contribution in [2.24, 2.45) is 17.8 Å². The number of unbranched alkanes of at least 4 members (excludes halogenated alkanes) is 1. The Morgan fingerprint density at radius 1 is 1.24 bits per heavy atom. The molecule has 0 aromatic heterocycles. The monoisotopic (exact) mass is 298 g/mol. The molecule has 0 saturated heterocycles. The summed E-state index contributed by atoms with van der Waals surface area (Å²) in [6, 6.07) is -0.488. The molecule has 21 heavy (non-hydrogen) atoms. The molecule has 3 N–H and O–H groups in total. The van der Waals surface area contributed by atoms with Crippen LogP contribution in [-0.2, 0) is 4.79 Å². The second-order valence-corrected chi connectivity index (χ2v) is 6.24. The second-order valence-electron chi connectivity index (χ2n) is 6.24. The molecule has 4 atom stereocenters. The maximum Gasteiger partial charge on any atom is 0.317 e. The summed E-state index contributed by atoms with van der Waals surface area (Å²) in [5.74, 6) is -0.744. The van der Waals surface area contributed by atoms with E-state index in [1.54, 1.807) is 4.90 Å². The summed E-state index contributed by atoms with van der Waals surface area (Å²) in [7, 11) is 0. The summed E-state index contributed by atoms with van der Waals surface area (Å²) in [6.07, 6.45) is 4.74. The molecule has 0 radical (unpaired) electrons. The van der Waals surface area contributed by atoms with E-state index >= 15 is 0 Å². The summed E-state index contributed by atoms with van der Waals surface area (Å²) in [5.41, 5.74) is 0. The number of nitrogens with zero attached hydrogens (tertiary/aromatic N) is 1. The number of carboxylic acids is 1. The number of carbonyl (C=O) groups excluding carboxylic acids is 1. The fourth-order valence-corrected chi connectivity index (χ4v) is 3.87. The van der Waals surface area contributed by atoms with Gasteiger partial charge in [0.2, 0.25) is 0 Å². The number of hydrogen-bond acceptors (Lipinski definition) is 3. The summed E-state index contributed by atoms with van der Waals surface area (Å²) in [4.78, 5) is 25.4. The summed E-state index contributed by atoms with van der Waals surface area (Å²) < 4.78 is 0. The minimum atomic E-state index is -0.797. The van der Waals surface area contributed by atoms with Crippen molar-refractivity contribution in [1.29, 1.82) is 0 Å². The van der Waals surface area contributed by atoms with Gasteiger partial charge in [-0.15, -0.1) is 0 Å². The first-order chi connectivity index (χ1) is 10.1. The van der Waals surface area contributed by atoms with Gasteiger partial charge in [-0.3, -0.25) is 4.79 Å². The number of aliphatic hydroxyl groups is 1. The van der Waals surface area contributed by atoms with Crippen LogP contribution in [0.25, 0.3) is 0 Å². The van der Waals surface area contributed by atoms with E-state index < -0.39 is 11.9 Å². The van der Waals surface area contributed by atoms with Gasteiger partial charge in [0.1, 0.15) is 0 Å². The van der Waals surface area contributed by atoms with Crippen LogP contribution in [0.3, 0.4) is 0 Å². The van der Waals surface area contributed by atoms with Crippen LogP contribution in [0.1, 0.15) is 39.0 Å². The van der Waals surface area contributed by atoms with Crippen LogP contribution in [0.5, 0.6) is 0 Å². The van der Waals surface area contributed by atoms with Crippen molar-refractivity contribution in [1.82, 2.24) is 10.2 Å². The predicted octanol–water partition coefficient (Wildman–Crippen LogP) is 1.29. The number of carboxylic acid groups (broad SMARTS) is 1. The molecule has 2 amide bonds. The zero-order valence-electron chi connectivity index (χ0n) is 12.6. The Hall–Kier alpha value is -1.30. The highest BCUT2D eigenvalue weighted by Crippen LogP contribution is 2.48. The molecule has 6 heteroatoms. The number of nitrogens with one attached hydrogen (secondary N) is 1. The average Bonchev–Trinajstić information content (AvgIpc) is 3.04. The molecule has 6 nitrogen and oxygen atoms in total. The van der Waals surface area contributed by atoms with Gasteiger partial charge in [-0.1, -0.05) is 13.3 Å². The predicted molar refractivity (Wildman–Crippen MR) is 77.8 cm³/mol. The molecular weight excluding hydrogens is 272 g/mol. The van der Waals surface area contributed by atoms with Crippen molar-refractivity contribution < 1.29 is 19.8 Å². The molecular formula is C15H26N2O4. The molecule has 0 aromatic carbocycles. The highest BCUT2D eigenvalue weighted by atomic mass is 16.4. The highest BCUT2D eigenvalue weighted by Gasteiger charge is 2.51. The number of hydrogen-bond donors (Lipinski definition) is 3. The van der Waals surface area contributed by atoms with Crippen molar-refractivity contribution in [2.45, 2.75) is 45.1 Å². The topological polar surface area (TPSA) is 89.9 Å². The van der Waals surface area contributed by atoms with E-state index in [9.17, 15) is 14.7 Å². The molecule has 2 aliphatic carbocycles.